The molecule has 1 aliphatic carbocycles. The number of hydrogen-bond acceptors (Lipinski definition) is 7. The van der Waals surface area contributed by atoms with Gasteiger partial charge in [0, 0.05) is 48.7 Å². The molecule has 1 saturated carbocycles. The number of nitrogens with one attached hydrogen (secondary N) is 1. The van der Waals surface area contributed by atoms with E-state index in [0.29, 0.717) is 35.4 Å². The van der Waals surface area contributed by atoms with E-state index in [4.69, 9.17) is 9.72 Å². The number of Topliss-reactive ketones (excluding diaryl/α,β-unsaturated/α-hetero) is 1. The van der Waals surface area contributed by atoms with Crippen molar-refractivity contribution in [1.82, 2.24) is 24.3 Å². The predicted molar refractivity (Wildman–Crippen MR) is 154 cm³/mol. The summed E-state index contributed by atoms with van der Waals surface area (Å²) in [5.41, 5.74) is 3.51. The van der Waals surface area contributed by atoms with E-state index in [0.717, 1.165) is 36.9 Å². The SMILES string of the molecule is Cn1ccc(-c2ccc(Nc3cc(CC(=O)C4CC4)nc4c3nc(C(F)F)n4C3CCCCO3)c(P(C)(C)=O)c2)n1. The molecule has 1 N–H and O–H groups in total. The lowest BCUT2D eigenvalue weighted by molar-refractivity contribution is -0.119. The van der Waals surface area contributed by atoms with Gasteiger partial charge < -0.3 is 14.6 Å². The molecule has 1 saturated heterocycles. The zero-order valence-electron chi connectivity index (χ0n) is 23.3. The molecule has 0 bridgehead atoms. The highest BCUT2D eigenvalue weighted by atomic mass is 31.2. The summed E-state index contributed by atoms with van der Waals surface area (Å²) in [5.74, 6) is -0.302. The number of halogens is 2. The minimum Gasteiger partial charge on any atom is -0.358 e. The van der Waals surface area contributed by atoms with E-state index < -0.39 is 25.6 Å². The van der Waals surface area contributed by atoms with Gasteiger partial charge in [0.05, 0.1) is 17.1 Å². The summed E-state index contributed by atoms with van der Waals surface area (Å²) in [6.07, 6.45) is 2.46. The van der Waals surface area contributed by atoms with Gasteiger partial charge >= 0.3 is 0 Å². The first-order chi connectivity index (χ1) is 19.6. The van der Waals surface area contributed by atoms with Crippen LogP contribution < -0.4 is 10.6 Å². The van der Waals surface area contributed by atoms with Crippen molar-refractivity contribution in [2.75, 3.05) is 25.3 Å². The highest BCUT2D eigenvalue weighted by Gasteiger charge is 2.32. The van der Waals surface area contributed by atoms with Gasteiger partial charge in [0.1, 0.15) is 24.7 Å². The first-order valence-electron chi connectivity index (χ1n) is 13.9. The van der Waals surface area contributed by atoms with Crippen LogP contribution in [0.3, 0.4) is 0 Å². The van der Waals surface area contributed by atoms with Gasteiger partial charge in [-0.3, -0.25) is 14.0 Å². The predicted octanol–water partition coefficient (Wildman–Crippen LogP) is 5.98. The number of carbonyl (C=O) groups excluding carboxylic acids is 1. The monoisotopic (exact) mass is 582 g/mol. The quantitative estimate of drug-likeness (QED) is 0.242. The van der Waals surface area contributed by atoms with Crippen LogP contribution in [0.5, 0.6) is 0 Å². The number of pyridine rings is 1. The second-order valence-corrected chi connectivity index (χ2v) is 14.5. The molecule has 1 unspecified atom stereocenters. The third-order valence-electron chi connectivity index (χ3n) is 7.61. The molecule has 12 heteroatoms. The Labute approximate surface area is 236 Å². The maximum Gasteiger partial charge on any atom is 0.295 e. The zero-order chi connectivity index (χ0) is 28.9. The van der Waals surface area contributed by atoms with Crippen molar-refractivity contribution in [2.45, 2.75) is 51.2 Å². The number of aromatic nitrogens is 5. The van der Waals surface area contributed by atoms with E-state index >= 15 is 0 Å². The van der Waals surface area contributed by atoms with Crippen LogP contribution in [-0.4, -0.2) is 50.0 Å². The van der Waals surface area contributed by atoms with Gasteiger partial charge in [0.25, 0.3) is 6.43 Å². The van der Waals surface area contributed by atoms with E-state index in [-0.39, 0.29) is 29.3 Å². The molecule has 0 spiro atoms. The number of alkyl halides is 2. The average molecular weight is 583 g/mol. The van der Waals surface area contributed by atoms with Crippen molar-refractivity contribution < 1.29 is 22.9 Å². The second kappa shape index (κ2) is 10.8. The molecule has 3 aromatic heterocycles. The number of anilines is 2. The largest absolute Gasteiger partial charge is 0.358 e. The molecule has 2 fully saturated rings. The first-order valence-corrected chi connectivity index (χ1v) is 16.5. The molecule has 1 aromatic carbocycles. The normalized spacial score (nSPS) is 17.9. The van der Waals surface area contributed by atoms with Gasteiger partial charge in [0.2, 0.25) is 0 Å². The minimum absolute atomic E-state index is 0.0314. The van der Waals surface area contributed by atoms with Gasteiger partial charge in [-0.1, -0.05) is 6.07 Å². The number of imidazole rings is 1. The summed E-state index contributed by atoms with van der Waals surface area (Å²) in [5, 5.41) is 8.39. The molecule has 9 nitrogen and oxygen atoms in total. The summed E-state index contributed by atoms with van der Waals surface area (Å²) in [6, 6.07) is 9.11. The number of aryl methyl sites for hydroxylation is 1. The van der Waals surface area contributed by atoms with Crippen molar-refractivity contribution in [3.8, 4) is 11.3 Å². The maximum absolute atomic E-state index is 14.3. The number of rotatable bonds is 9. The van der Waals surface area contributed by atoms with Crippen LogP contribution in [-0.2, 0) is 27.6 Å². The summed E-state index contributed by atoms with van der Waals surface area (Å²) in [6.45, 7) is 3.83. The topological polar surface area (TPSA) is 104 Å². The average Bonchev–Trinajstić information content (AvgIpc) is 3.58. The number of fused-ring (bicyclic) bond motifs is 1. The van der Waals surface area contributed by atoms with Crippen molar-refractivity contribution in [3.63, 3.8) is 0 Å². The van der Waals surface area contributed by atoms with Crippen LogP contribution in [0, 0.1) is 5.92 Å². The fraction of sp³-hybridized carbons (Fsp3) is 0.448. The fourth-order valence-electron chi connectivity index (χ4n) is 5.37. The van der Waals surface area contributed by atoms with Crippen LogP contribution in [0.2, 0.25) is 0 Å². The number of hydrogen-bond donors (Lipinski definition) is 1. The van der Waals surface area contributed by atoms with Crippen LogP contribution in [0.4, 0.5) is 20.2 Å². The van der Waals surface area contributed by atoms with E-state index in [1.165, 1.54) is 4.57 Å². The second-order valence-electron chi connectivity index (χ2n) is 11.3. The Kier molecular flexibility index (Phi) is 7.28. The van der Waals surface area contributed by atoms with Gasteiger partial charge in [0.15, 0.2) is 11.5 Å². The third-order valence-corrected chi connectivity index (χ3v) is 9.14. The molecule has 1 aliphatic heterocycles. The number of nitrogens with zero attached hydrogens (tertiary/aromatic N) is 5. The molecule has 0 amide bonds. The molecule has 41 heavy (non-hydrogen) atoms. The molecule has 4 aromatic rings. The third kappa shape index (κ3) is 5.70. The number of carbonyl (C=O) groups is 1. The standard InChI is InChI=1S/C29H33F2N6O3P/c1-36-12-11-20(35-36)18-9-10-21(24(14-18)41(2,3)39)33-22-15-19(16-23(38)17-7-8-17)32-28-26(22)34-29(27(30)31)37(28)25-6-4-5-13-40-25/h9-12,14-15,17,25,27H,4-8,13,16H2,1-3H3,(H,32,33). The first kappa shape index (κ1) is 27.7. The lowest BCUT2D eigenvalue weighted by atomic mass is 10.1. The highest BCUT2D eigenvalue weighted by Crippen LogP contribution is 2.41. The maximum atomic E-state index is 14.3. The Balaban J connectivity index is 1.49. The summed E-state index contributed by atoms with van der Waals surface area (Å²) in [7, 11) is -0.978. The minimum atomic E-state index is -2.85. The van der Waals surface area contributed by atoms with Crippen molar-refractivity contribution >= 4 is 40.8 Å². The molecule has 1 atom stereocenters. The van der Waals surface area contributed by atoms with E-state index in [9.17, 15) is 18.1 Å². The summed E-state index contributed by atoms with van der Waals surface area (Å²) < 4.78 is 51.1. The van der Waals surface area contributed by atoms with Crippen LogP contribution in [0.1, 0.15) is 56.3 Å². The number of ketones is 1. The number of ether oxygens (including phenoxy) is 1. The van der Waals surface area contributed by atoms with Gasteiger partial charge in [-0.05, 0) is 69.7 Å². The smallest absolute Gasteiger partial charge is 0.295 e. The lowest BCUT2D eigenvalue weighted by Crippen LogP contribution is -2.21. The van der Waals surface area contributed by atoms with E-state index in [1.54, 1.807) is 24.1 Å². The molecular formula is C29H33F2N6O3P. The fourth-order valence-corrected chi connectivity index (χ4v) is 6.53. The Hall–Kier alpha value is -3.43. The zero-order valence-corrected chi connectivity index (χ0v) is 24.2. The van der Waals surface area contributed by atoms with Crippen molar-refractivity contribution in [2.24, 2.45) is 13.0 Å². The van der Waals surface area contributed by atoms with Gasteiger partial charge in [-0.25, -0.2) is 18.7 Å². The van der Waals surface area contributed by atoms with E-state index in [1.807, 2.05) is 37.5 Å². The van der Waals surface area contributed by atoms with Gasteiger partial charge in [-0.15, -0.1) is 0 Å². The molecular weight excluding hydrogens is 549 g/mol. The molecule has 6 rings (SSSR count). The van der Waals surface area contributed by atoms with E-state index in [2.05, 4.69) is 15.4 Å². The van der Waals surface area contributed by atoms with Crippen molar-refractivity contribution in [1.29, 1.82) is 0 Å². The molecule has 0 radical (unpaired) electrons. The summed E-state index contributed by atoms with van der Waals surface area (Å²) >= 11 is 0. The van der Waals surface area contributed by atoms with Gasteiger partial charge in [-0.2, -0.15) is 5.10 Å². The Morgan fingerprint density at radius 1 is 1.12 bits per heavy atom. The number of benzene rings is 1. The summed E-state index contributed by atoms with van der Waals surface area (Å²) in [4.78, 5) is 21.8. The van der Waals surface area contributed by atoms with Crippen LogP contribution >= 0.6 is 7.14 Å². The lowest BCUT2D eigenvalue weighted by Gasteiger charge is -2.25. The van der Waals surface area contributed by atoms with Crippen LogP contribution in [0.25, 0.3) is 22.4 Å². The Bertz CT molecular complexity index is 1670. The Morgan fingerprint density at radius 3 is 2.56 bits per heavy atom. The molecule has 4 heterocycles. The highest BCUT2D eigenvalue weighted by molar-refractivity contribution is 7.70. The van der Waals surface area contributed by atoms with Crippen LogP contribution in [0.15, 0.2) is 36.5 Å². The molecule has 216 valence electrons. The Morgan fingerprint density at radius 2 is 1.93 bits per heavy atom. The van der Waals surface area contributed by atoms with Crippen molar-refractivity contribution in [3.05, 3.63) is 48.0 Å². The molecule has 2 aliphatic rings.